The van der Waals surface area contributed by atoms with Gasteiger partial charge in [0, 0.05) is 0 Å². The van der Waals surface area contributed by atoms with E-state index in [0.29, 0.717) is 6.54 Å². The minimum absolute atomic E-state index is 0.0125. The first-order chi connectivity index (χ1) is 9.32. The van der Waals surface area contributed by atoms with Crippen molar-refractivity contribution in [3.05, 3.63) is 35.5 Å². The third-order valence-electron chi connectivity index (χ3n) is 2.86. The van der Waals surface area contributed by atoms with E-state index in [1.165, 1.54) is 11.1 Å². The monoisotopic (exact) mass is 335 g/mol. The molecule has 4 heteroatoms. The van der Waals surface area contributed by atoms with Crippen LogP contribution in [-0.2, 0) is 0 Å². The molecular weight excluding hydrogens is 313 g/mol. The second kappa shape index (κ2) is 11.4. The van der Waals surface area contributed by atoms with Crippen LogP contribution >= 0.6 is 34.8 Å². The molecule has 1 nitrogen and oxygen atoms in total. The van der Waals surface area contributed by atoms with E-state index in [4.69, 9.17) is 34.8 Å². The first-order valence-electron chi connectivity index (χ1n) is 6.79. The maximum Gasteiger partial charge on any atom is 0.192 e. The second-order valence-corrected chi connectivity index (χ2v) is 6.55. The molecule has 114 valence electrons. The molecule has 0 aromatic heterocycles. The van der Waals surface area contributed by atoms with E-state index in [1.54, 1.807) is 0 Å². The molecule has 0 aromatic carbocycles. The fraction of sp³-hybridized carbons (Fsp3) is 0.562. The Bertz CT molecular complexity index is 387. The first-order valence-corrected chi connectivity index (χ1v) is 7.98. The number of rotatable bonds is 9. The lowest BCUT2D eigenvalue weighted by Gasteiger charge is -2.09. The van der Waals surface area contributed by atoms with E-state index in [0.717, 1.165) is 31.3 Å². The molecular formula is C16H24Cl3N. The van der Waals surface area contributed by atoms with Crippen molar-refractivity contribution in [3.63, 3.8) is 0 Å². The summed E-state index contributed by atoms with van der Waals surface area (Å²) in [6, 6.07) is 0. The molecule has 0 aliphatic carbocycles. The Balaban J connectivity index is 4.00. The smallest absolute Gasteiger partial charge is 0.192 e. The maximum atomic E-state index is 6.16. The van der Waals surface area contributed by atoms with Crippen LogP contribution in [0, 0.1) is 0 Å². The molecule has 0 fully saturated rings. The highest BCUT2D eigenvalue weighted by Crippen LogP contribution is 2.17. The zero-order valence-electron chi connectivity index (χ0n) is 12.6. The van der Waals surface area contributed by atoms with E-state index in [2.05, 4.69) is 44.5 Å². The van der Waals surface area contributed by atoms with E-state index >= 15 is 0 Å². The van der Waals surface area contributed by atoms with Crippen molar-refractivity contribution in [2.45, 2.75) is 51.8 Å². The number of allylic oxidation sites excluding steroid dienone is 4. The number of alkyl halides is 1. The molecule has 0 N–H and O–H groups in total. The Morgan fingerprint density at radius 1 is 1.10 bits per heavy atom. The van der Waals surface area contributed by atoms with Crippen molar-refractivity contribution in [3.8, 4) is 0 Å². The minimum Gasteiger partial charge on any atom is -0.261 e. The number of hydrogen-bond acceptors (Lipinski definition) is 1. The molecule has 1 atom stereocenters. The van der Waals surface area contributed by atoms with Crippen molar-refractivity contribution in [1.82, 2.24) is 0 Å². The van der Waals surface area contributed by atoms with Crippen LogP contribution in [0.5, 0.6) is 0 Å². The van der Waals surface area contributed by atoms with Gasteiger partial charge in [0.05, 0.1) is 11.9 Å². The summed E-state index contributed by atoms with van der Waals surface area (Å²) < 4.78 is 0.0125. The Kier molecular flexibility index (Phi) is 11.3. The van der Waals surface area contributed by atoms with E-state index in [9.17, 15) is 0 Å². The fourth-order valence-corrected chi connectivity index (χ4v) is 1.95. The lowest BCUT2D eigenvalue weighted by molar-refractivity contribution is 0.858. The predicted octanol–water partition coefficient (Wildman–Crippen LogP) is 6.46. The van der Waals surface area contributed by atoms with Crippen LogP contribution < -0.4 is 0 Å². The third kappa shape index (κ3) is 11.6. The molecule has 0 aliphatic rings. The topological polar surface area (TPSA) is 12.4 Å². The number of nitrogens with zero attached hydrogens (tertiary/aromatic N) is 1. The molecule has 20 heavy (non-hydrogen) atoms. The molecule has 0 rings (SSSR count). The number of hydrogen-bond donors (Lipinski definition) is 0. The summed E-state index contributed by atoms with van der Waals surface area (Å²) in [5.74, 6) is 0. The van der Waals surface area contributed by atoms with Crippen LogP contribution in [0.4, 0.5) is 0 Å². The van der Waals surface area contributed by atoms with Gasteiger partial charge in [0.25, 0.3) is 0 Å². The lowest BCUT2D eigenvalue weighted by atomic mass is 10.0. The fourth-order valence-electron chi connectivity index (χ4n) is 1.63. The highest BCUT2D eigenvalue weighted by atomic mass is 35.5. The van der Waals surface area contributed by atoms with Gasteiger partial charge in [-0.2, -0.15) is 0 Å². The highest BCUT2D eigenvalue weighted by molar-refractivity contribution is 6.95. The molecule has 0 heterocycles. The van der Waals surface area contributed by atoms with Crippen LogP contribution in [0.15, 0.2) is 40.4 Å². The Hall–Kier alpha value is -0.240. The van der Waals surface area contributed by atoms with Crippen LogP contribution in [0.25, 0.3) is 0 Å². The molecule has 0 bridgehead atoms. The van der Waals surface area contributed by atoms with Crippen LogP contribution in [0.1, 0.15) is 46.5 Å². The van der Waals surface area contributed by atoms with E-state index < -0.39 is 0 Å². The molecule has 0 amide bonds. The van der Waals surface area contributed by atoms with Crippen molar-refractivity contribution in [1.29, 1.82) is 0 Å². The molecule has 0 saturated heterocycles. The zero-order valence-corrected chi connectivity index (χ0v) is 14.8. The molecule has 0 aliphatic heterocycles. The zero-order chi connectivity index (χ0) is 15.5. The Labute approximate surface area is 138 Å². The van der Waals surface area contributed by atoms with Gasteiger partial charge in [-0.15, -0.1) is 11.6 Å². The summed E-state index contributed by atoms with van der Waals surface area (Å²) in [7, 11) is 0. The van der Waals surface area contributed by atoms with Crippen LogP contribution in [0.2, 0.25) is 0 Å². The Morgan fingerprint density at radius 2 is 1.70 bits per heavy atom. The van der Waals surface area contributed by atoms with Gasteiger partial charge in [0.2, 0.25) is 0 Å². The van der Waals surface area contributed by atoms with Gasteiger partial charge < -0.3 is 0 Å². The van der Waals surface area contributed by atoms with Gasteiger partial charge in [0.15, 0.2) is 4.63 Å². The number of halogens is 3. The minimum atomic E-state index is -0.207. The van der Waals surface area contributed by atoms with Gasteiger partial charge in [-0.05, 0) is 69.7 Å². The van der Waals surface area contributed by atoms with Gasteiger partial charge in [-0.25, -0.2) is 0 Å². The SMILES string of the molecule is C=C(CCC=C(C)CCC=C(C)C)C(Cl)CN=C(Cl)Cl. The average molecular weight is 337 g/mol. The van der Waals surface area contributed by atoms with Gasteiger partial charge >= 0.3 is 0 Å². The quantitative estimate of drug-likeness (QED) is 0.260. The van der Waals surface area contributed by atoms with Gasteiger partial charge in [-0.3, -0.25) is 4.99 Å². The molecule has 0 saturated carbocycles. The maximum absolute atomic E-state index is 6.16. The van der Waals surface area contributed by atoms with Crippen LogP contribution in [0.3, 0.4) is 0 Å². The summed E-state index contributed by atoms with van der Waals surface area (Å²) in [4.78, 5) is 3.88. The van der Waals surface area contributed by atoms with Crippen molar-refractivity contribution >= 4 is 39.4 Å². The van der Waals surface area contributed by atoms with E-state index in [-0.39, 0.29) is 10.0 Å². The Morgan fingerprint density at radius 3 is 2.25 bits per heavy atom. The molecule has 0 radical (unpaired) electrons. The standard InChI is InChI=1S/C16H24Cl3N/c1-12(2)7-5-8-13(3)9-6-10-14(4)15(17)11-20-16(18)19/h7,9,15H,4-6,8,10-11H2,1-3H3. The van der Waals surface area contributed by atoms with Gasteiger partial charge in [-0.1, -0.05) is 35.5 Å². The van der Waals surface area contributed by atoms with Crippen molar-refractivity contribution < 1.29 is 0 Å². The largest absolute Gasteiger partial charge is 0.261 e. The van der Waals surface area contributed by atoms with Crippen LogP contribution in [-0.4, -0.2) is 16.6 Å². The van der Waals surface area contributed by atoms with Crippen molar-refractivity contribution in [2.24, 2.45) is 4.99 Å². The summed E-state index contributed by atoms with van der Waals surface area (Å²) in [6.07, 6.45) is 8.55. The lowest BCUT2D eigenvalue weighted by Crippen LogP contribution is -2.06. The number of aliphatic imine (C=N–C) groups is 1. The summed E-state index contributed by atoms with van der Waals surface area (Å²) in [5, 5.41) is -0.207. The summed E-state index contributed by atoms with van der Waals surface area (Å²) >= 11 is 17.1. The highest BCUT2D eigenvalue weighted by Gasteiger charge is 2.07. The van der Waals surface area contributed by atoms with E-state index in [1.807, 2.05) is 0 Å². The second-order valence-electron chi connectivity index (χ2n) is 5.12. The van der Waals surface area contributed by atoms with Gasteiger partial charge in [0.1, 0.15) is 0 Å². The summed E-state index contributed by atoms with van der Waals surface area (Å²) in [5.41, 5.74) is 3.75. The normalized spacial score (nSPS) is 12.8. The molecule has 1 unspecified atom stereocenters. The third-order valence-corrected chi connectivity index (χ3v) is 3.55. The summed E-state index contributed by atoms with van der Waals surface area (Å²) in [6.45, 7) is 10.8. The molecule has 0 aromatic rings. The first kappa shape index (κ1) is 19.8. The predicted molar refractivity (Wildman–Crippen MR) is 94.4 cm³/mol. The molecule has 0 spiro atoms. The average Bonchev–Trinajstić information content (AvgIpc) is 2.35. The van der Waals surface area contributed by atoms with Crippen molar-refractivity contribution in [2.75, 3.05) is 6.54 Å².